The number of hydrazine groups is 1. The Morgan fingerprint density at radius 3 is 1.84 bits per heavy atom. The number of hydrogen-bond acceptors (Lipinski definition) is 12. The van der Waals surface area contributed by atoms with Gasteiger partial charge in [0.25, 0.3) is 0 Å². The van der Waals surface area contributed by atoms with E-state index in [1.54, 1.807) is 65.9 Å². The van der Waals surface area contributed by atoms with Gasteiger partial charge in [0.1, 0.15) is 17.5 Å². The molecule has 64 heavy (non-hydrogen) atoms. The third-order valence-electron chi connectivity index (χ3n) is 8.43. The van der Waals surface area contributed by atoms with E-state index in [0.717, 1.165) is 43.2 Å². The molecule has 0 bridgehead atoms. The topological polar surface area (TPSA) is 232 Å². The van der Waals surface area contributed by atoms with Crippen molar-refractivity contribution in [3.63, 3.8) is 0 Å². The Morgan fingerprint density at radius 1 is 0.781 bits per heavy atom. The number of anilines is 1. The number of aldehydes is 1. The van der Waals surface area contributed by atoms with Gasteiger partial charge in [0, 0.05) is 31.9 Å². The molecule has 0 radical (unpaired) electrons. The largest absolute Gasteiger partial charge is 0.444 e. The normalized spacial score (nSPS) is 12.5. The van der Waals surface area contributed by atoms with Crippen LogP contribution in [-0.4, -0.2) is 104 Å². The summed E-state index contributed by atoms with van der Waals surface area (Å²) in [5.41, 5.74) is 4.34. The first-order chi connectivity index (χ1) is 29.8. The van der Waals surface area contributed by atoms with Crippen molar-refractivity contribution in [2.45, 2.75) is 184 Å². The van der Waals surface area contributed by atoms with Gasteiger partial charge in [-0.2, -0.15) is 0 Å². The molecule has 17 heteroatoms. The molecule has 5 amide bonds. The fourth-order valence-electron chi connectivity index (χ4n) is 4.98. The lowest BCUT2D eigenvalue weighted by Crippen LogP contribution is -2.46. The number of nitrogens with one attached hydrogen (secondary N) is 6. The summed E-state index contributed by atoms with van der Waals surface area (Å²) in [5.74, 6) is -0.339. The standard InChI is InChI=1S/C26H49N3O7.C10H14N2O2.C9H19NO2.C2H6/c1-10-20(15-22(31)27-21(17-30)18(2)3)12-13-34-19(4)11-14-35-26(8,9)16-23(32)28-29-24(33)36-25(5,6)7;1-11-6-10(14)12-9-4-2-8(7-13)3-5-9;1-5-6-7-10-8(11)12-9(2,3)4;1-2/h17-21H,10-16H2,1-9H3,(H,27,31)(H,28,32)(H,29,33);2-5,11,13H,6-7H2,1H3,(H,12,14);5-7H2,1-4H3,(H,10,11);1-2H3. The van der Waals surface area contributed by atoms with E-state index in [1.807, 2.05) is 62.3 Å². The number of aliphatic hydroxyl groups is 1. The van der Waals surface area contributed by atoms with Crippen LogP contribution < -0.4 is 32.1 Å². The molecule has 0 aliphatic heterocycles. The zero-order valence-electron chi connectivity index (χ0n) is 42.2. The molecule has 1 rings (SSSR count). The van der Waals surface area contributed by atoms with Crippen LogP contribution in [0.5, 0.6) is 0 Å². The summed E-state index contributed by atoms with van der Waals surface area (Å²) < 4.78 is 21.9. The number of likely N-dealkylation sites (N-methyl/N-ethyl adjacent to an activating group) is 1. The summed E-state index contributed by atoms with van der Waals surface area (Å²) in [6, 6.07) is 6.62. The van der Waals surface area contributed by atoms with Gasteiger partial charge in [-0.3, -0.25) is 19.8 Å². The van der Waals surface area contributed by atoms with E-state index in [-0.39, 0.29) is 48.9 Å². The molecule has 372 valence electrons. The highest BCUT2D eigenvalue weighted by Crippen LogP contribution is 2.18. The highest BCUT2D eigenvalue weighted by molar-refractivity contribution is 5.92. The average Bonchev–Trinajstić information content (AvgIpc) is 3.19. The second-order valence-electron chi connectivity index (χ2n) is 17.9. The number of ether oxygens (including phenoxy) is 4. The van der Waals surface area contributed by atoms with Crippen LogP contribution in [-0.2, 0) is 44.7 Å². The van der Waals surface area contributed by atoms with Gasteiger partial charge in [-0.1, -0.05) is 66.5 Å². The molecular weight excluding hydrogens is 825 g/mol. The third kappa shape index (κ3) is 39.3. The van der Waals surface area contributed by atoms with Crippen LogP contribution in [0.3, 0.4) is 0 Å². The van der Waals surface area contributed by atoms with Gasteiger partial charge in [0.05, 0.1) is 37.3 Å². The fourth-order valence-corrected chi connectivity index (χ4v) is 4.98. The second-order valence-corrected chi connectivity index (χ2v) is 17.9. The van der Waals surface area contributed by atoms with Gasteiger partial charge in [-0.25, -0.2) is 15.0 Å². The molecule has 0 spiro atoms. The minimum Gasteiger partial charge on any atom is -0.444 e. The summed E-state index contributed by atoms with van der Waals surface area (Å²) in [5, 5.41) is 19.7. The lowest BCUT2D eigenvalue weighted by Gasteiger charge is -2.26. The summed E-state index contributed by atoms with van der Waals surface area (Å²) in [6.07, 6.45) is 4.43. The summed E-state index contributed by atoms with van der Waals surface area (Å²) in [4.78, 5) is 69.2. The maximum atomic E-state index is 12.2. The van der Waals surface area contributed by atoms with Crippen molar-refractivity contribution in [1.82, 2.24) is 26.8 Å². The summed E-state index contributed by atoms with van der Waals surface area (Å²) in [7, 11) is 1.72. The predicted octanol–water partition coefficient (Wildman–Crippen LogP) is 7.34. The minimum absolute atomic E-state index is 0.0186. The highest BCUT2D eigenvalue weighted by Gasteiger charge is 2.25. The van der Waals surface area contributed by atoms with Crippen molar-refractivity contribution in [2.24, 2.45) is 11.8 Å². The van der Waals surface area contributed by atoms with E-state index in [1.165, 1.54) is 0 Å². The number of carbonyl (C=O) groups excluding carboxylic acids is 6. The van der Waals surface area contributed by atoms with Gasteiger partial charge >= 0.3 is 12.2 Å². The van der Waals surface area contributed by atoms with Crippen molar-refractivity contribution in [3.05, 3.63) is 29.8 Å². The Hall–Kier alpha value is -4.32. The van der Waals surface area contributed by atoms with E-state index >= 15 is 0 Å². The molecule has 0 saturated carbocycles. The zero-order chi connectivity index (χ0) is 49.9. The molecule has 3 unspecified atom stereocenters. The van der Waals surface area contributed by atoms with Crippen LogP contribution in [0.15, 0.2) is 24.3 Å². The van der Waals surface area contributed by atoms with E-state index in [9.17, 15) is 28.8 Å². The number of unbranched alkanes of at least 4 members (excludes halogenated alkanes) is 1. The number of amides is 5. The molecule has 0 saturated heterocycles. The SMILES string of the molecule is CC.CCC(CCOC(C)CCOC(C)(C)CC(=O)NNC(=O)OC(C)(C)C)CC(=O)NC(C=O)C(C)C.CCCCNC(=O)OC(C)(C)C.CNCC(=O)Nc1ccc(CO)cc1. The molecule has 3 atom stereocenters. The van der Waals surface area contributed by atoms with Crippen LogP contribution in [0.25, 0.3) is 0 Å². The van der Waals surface area contributed by atoms with Crippen LogP contribution in [0.1, 0.15) is 154 Å². The fraction of sp³-hybridized carbons (Fsp3) is 0.745. The monoisotopic (exact) mass is 913 g/mol. The van der Waals surface area contributed by atoms with Gasteiger partial charge < -0.3 is 50.1 Å². The second kappa shape index (κ2) is 36.0. The van der Waals surface area contributed by atoms with Crippen LogP contribution in [0, 0.1) is 11.8 Å². The van der Waals surface area contributed by atoms with Crippen molar-refractivity contribution < 1.29 is 52.8 Å². The molecule has 0 aromatic heterocycles. The van der Waals surface area contributed by atoms with Crippen LogP contribution in [0.4, 0.5) is 15.3 Å². The van der Waals surface area contributed by atoms with E-state index in [0.29, 0.717) is 39.1 Å². The Kier molecular flexibility index (Phi) is 35.9. The molecule has 0 aliphatic rings. The van der Waals surface area contributed by atoms with Gasteiger partial charge in [0.15, 0.2) is 0 Å². The highest BCUT2D eigenvalue weighted by atomic mass is 16.6. The van der Waals surface area contributed by atoms with Crippen molar-refractivity contribution in [2.75, 3.05) is 38.7 Å². The molecule has 1 aromatic rings. The Morgan fingerprint density at radius 2 is 1.36 bits per heavy atom. The zero-order valence-corrected chi connectivity index (χ0v) is 42.2. The number of benzene rings is 1. The average molecular weight is 913 g/mol. The number of hydrogen-bond donors (Lipinski definition) is 7. The molecule has 7 N–H and O–H groups in total. The van der Waals surface area contributed by atoms with Crippen molar-refractivity contribution >= 4 is 41.9 Å². The Labute approximate surface area is 385 Å². The van der Waals surface area contributed by atoms with E-state index in [2.05, 4.69) is 39.0 Å². The van der Waals surface area contributed by atoms with Crippen LogP contribution >= 0.6 is 0 Å². The first-order valence-electron chi connectivity index (χ1n) is 22.7. The van der Waals surface area contributed by atoms with Crippen LogP contribution in [0.2, 0.25) is 0 Å². The Balaban J connectivity index is -0.00000107. The first kappa shape index (κ1) is 64.0. The first-order valence-corrected chi connectivity index (χ1v) is 22.7. The van der Waals surface area contributed by atoms with Gasteiger partial charge in [-0.15, -0.1) is 0 Å². The number of alkyl carbamates (subject to hydrolysis) is 1. The molecule has 0 heterocycles. The van der Waals surface area contributed by atoms with E-state index < -0.39 is 34.8 Å². The lowest BCUT2D eigenvalue weighted by atomic mass is 9.97. The number of rotatable bonds is 23. The quantitative estimate of drug-likeness (QED) is 0.0325. The summed E-state index contributed by atoms with van der Waals surface area (Å²) in [6.45, 7) is 30.2. The van der Waals surface area contributed by atoms with Crippen molar-refractivity contribution in [3.8, 4) is 0 Å². The lowest BCUT2D eigenvalue weighted by molar-refractivity contribution is -0.129. The maximum absolute atomic E-state index is 12.2. The molecule has 0 aliphatic carbocycles. The Bertz CT molecular complexity index is 1430. The number of aliphatic hydroxyl groups excluding tert-OH is 1. The smallest absolute Gasteiger partial charge is 0.426 e. The molecule has 0 fully saturated rings. The van der Waals surface area contributed by atoms with Crippen molar-refractivity contribution in [1.29, 1.82) is 0 Å². The third-order valence-corrected chi connectivity index (χ3v) is 8.43. The predicted molar refractivity (Wildman–Crippen MR) is 253 cm³/mol. The maximum Gasteiger partial charge on any atom is 0.426 e. The molecule has 17 nitrogen and oxygen atoms in total. The van der Waals surface area contributed by atoms with Gasteiger partial charge in [0.2, 0.25) is 17.7 Å². The summed E-state index contributed by atoms with van der Waals surface area (Å²) >= 11 is 0. The number of carbonyl (C=O) groups is 6. The molecular formula is C47H88N6O11. The molecule has 1 aromatic carbocycles. The van der Waals surface area contributed by atoms with E-state index in [4.69, 9.17) is 24.1 Å². The minimum atomic E-state index is -0.729. The van der Waals surface area contributed by atoms with Gasteiger partial charge in [-0.05, 0) is 118 Å².